The average Bonchev–Trinajstić information content (AvgIpc) is 3.10. The summed E-state index contributed by atoms with van der Waals surface area (Å²) < 4.78 is 10.4. The lowest BCUT2D eigenvalue weighted by Gasteiger charge is -2.32. The van der Waals surface area contributed by atoms with Crippen molar-refractivity contribution in [3.8, 4) is 0 Å². The van der Waals surface area contributed by atoms with Crippen molar-refractivity contribution in [3.63, 3.8) is 0 Å². The van der Waals surface area contributed by atoms with Crippen LogP contribution in [0.5, 0.6) is 0 Å². The van der Waals surface area contributed by atoms with Gasteiger partial charge in [-0.05, 0) is 24.8 Å². The van der Waals surface area contributed by atoms with Crippen LogP contribution >= 0.6 is 0 Å². The maximum absolute atomic E-state index is 12.7. The van der Waals surface area contributed by atoms with E-state index >= 15 is 0 Å². The summed E-state index contributed by atoms with van der Waals surface area (Å²) in [6.07, 6.45) is 1.24. The van der Waals surface area contributed by atoms with Crippen LogP contribution in [0.1, 0.15) is 25.3 Å². The topological polar surface area (TPSA) is 69.7 Å². The van der Waals surface area contributed by atoms with Crippen molar-refractivity contribution in [2.24, 2.45) is 23.7 Å². The summed E-state index contributed by atoms with van der Waals surface area (Å²) in [5.74, 6) is -2.02. The van der Waals surface area contributed by atoms with Crippen molar-refractivity contribution in [1.29, 1.82) is 0 Å². The largest absolute Gasteiger partial charge is 0.465 e. The molecule has 1 aliphatic heterocycles. The highest BCUT2D eigenvalue weighted by Crippen LogP contribution is 2.55. The van der Waals surface area contributed by atoms with Gasteiger partial charge in [0.2, 0.25) is 0 Å². The maximum atomic E-state index is 12.7. The number of ether oxygens (including phenoxy) is 2. The fourth-order valence-corrected chi connectivity index (χ4v) is 4.67. The molecule has 0 aromatic heterocycles. The molecule has 0 radical (unpaired) electrons. The minimum atomic E-state index is -0.955. The van der Waals surface area contributed by atoms with Crippen LogP contribution in [0.2, 0.25) is 0 Å². The summed E-state index contributed by atoms with van der Waals surface area (Å²) in [7, 11) is 0. The molecule has 2 fully saturated rings. The van der Waals surface area contributed by atoms with Gasteiger partial charge >= 0.3 is 11.9 Å². The Morgan fingerprint density at radius 1 is 1.24 bits per heavy atom. The highest BCUT2D eigenvalue weighted by atomic mass is 16.6. The molecule has 1 saturated carbocycles. The van der Waals surface area contributed by atoms with Crippen molar-refractivity contribution in [3.05, 3.63) is 41.5 Å². The monoisotopic (exact) mass is 340 g/mol. The molecule has 25 heavy (non-hydrogen) atoms. The molecule has 0 unspecified atom stereocenters. The summed E-state index contributed by atoms with van der Waals surface area (Å²) >= 11 is 0. The Morgan fingerprint density at radius 3 is 2.72 bits per heavy atom. The van der Waals surface area contributed by atoms with Crippen LogP contribution in [0.15, 0.2) is 35.9 Å². The quantitative estimate of drug-likeness (QED) is 0.624. The molecule has 0 amide bonds. The Bertz CT molecular complexity index is 764. The lowest BCUT2D eigenvalue weighted by atomic mass is 9.78. The molecule has 4 rings (SSSR count). The summed E-state index contributed by atoms with van der Waals surface area (Å²) in [6.45, 7) is 2.25. The van der Waals surface area contributed by atoms with Gasteiger partial charge in [0.05, 0.1) is 13.2 Å². The highest BCUT2D eigenvalue weighted by molar-refractivity contribution is 6.24. The fourth-order valence-electron chi connectivity index (χ4n) is 4.67. The predicted octanol–water partition coefficient (Wildman–Crippen LogP) is 2.40. The van der Waals surface area contributed by atoms with Crippen LogP contribution in [0, 0.1) is 23.7 Å². The Kier molecular flexibility index (Phi) is 3.94. The van der Waals surface area contributed by atoms with Gasteiger partial charge < -0.3 is 9.47 Å². The van der Waals surface area contributed by atoms with Crippen molar-refractivity contribution >= 4 is 23.3 Å². The Balaban J connectivity index is 1.82. The van der Waals surface area contributed by atoms with Gasteiger partial charge in [-0.2, -0.15) is 0 Å². The van der Waals surface area contributed by atoms with Gasteiger partial charge in [0.25, 0.3) is 0 Å². The van der Waals surface area contributed by atoms with Gasteiger partial charge in [0.15, 0.2) is 11.7 Å². The van der Waals surface area contributed by atoms with Gasteiger partial charge in [0, 0.05) is 23.8 Å². The number of hydrogen-bond acceptors (Lipinski definition) is 5. The van der Waals surface area contributed by atoms with E-state index in [0.717, 1.165) is 17.6 Å². The zero-order chi connectivity index (χ0) is 17.6. The standard InChI is InChI=1S/C20H20O5/c1-2-24-19(22)18-17-13(10-25-20(18)23)8-12-9-14(21)15(16(12)17)11-6-4-3-5-7-11/h3-7,12-13,17-18H,2,8-10H2,1H3/t12-,13-,17+,18-/m0/s1. The number of hydrogen-bond donors (Lipinski definition) is 0. The van der Waals surface area contributed by atoms with Crippen molar-refractivity contribution in [2.45, 2.75) is 19.8 Å². The van der Waals surface area contributed by atoms with E-state index < -0.39 is 17.9 Å². The van der Waals surface area contributed by atoms with Gasteiger partial charge in [0.1, 0.15) is 0 Å². The maximum Gasteiger partial charge on any atom is 0.320 e. The smallest absolute Gasteiger partial charge is 0.320 e. The molecule has 0 N–H and O–H groups in total. The third kappa shape index (κ3) is 2.49. The lowest BCUT2D eigenvalue weighted by Crippen LogP contribution is -2.43. The molecular weight excluding hydrogens is 320 g/mol. The summed E-state index contributed by atoms with van der Waals surface area (Å²) in [5, 5.41) is 0. The predicted molar refractivity (Wildman–Crippen MR) is 89.2 cm³/mol. The van der Waals surface area contributed by atoms with Crippen LogP contribution in [0.25, 0.3) is 5.57 Å². The zero-order valence-corrected chi connectivity index (χ0v) is 14.1. The molecule has 3 aliphatic rings. The molecule has 1 saturated heterocycles. The number of rotatable bonds is 3. The van der Waals surface area contributed by atoms with E-state index in [1.807, 2.05) is 30.3 Å². The van der Waals surface area contributed by atoms with E-state index in [1.54, 1.807) is 6.92 Å². The van der Waals surface area contributed by atoms with E-state index in [1.165, 1.54) is 0 Å². The Labute approximate surface area is 146 Å². The molecule has 0 spiro atoms. The van der Waals surface area contributed by atoms with Crippen LogP contribution in [0.4, 0.5) is 0 Å². The SMILES string of the molecule is CCOC(=O)[C@H]1C(=O)OC[C@@H]2C[C@H]3CC(=O)C(c4ccccc4)=C3[C@@H]21. The first-order valence-corrected chi connectivity index (χ1v) is 8.77. The molecule has 4 atom stereocenters. The molecule has 1 heterocycles. The van der Waals surface area contributed by atoms with Crippen LogP contribution in [0.3, 0.4) is 0 Å². The Morgan fingerprint density at radius 2 is 2.00 bits per heavy atom. The Hall–Kier alpha value is -2.43. The molecule has 130 valence electrons. The first-order chi connectivity index (χ1) is 12.1. The number of cyclic esters (lactones) is 1. The first-order valence-electron chi connectivity index (χ1n) is 8.77. The van der Waals surface area contributed by atoms with Crippen molar-refractivity contribution < 1.29 is 23.9 Å². The van der Waals surface area contributed by atoms with Gasteiger partial charge in [-0.25, -0.2) is 0 Å². The number of carbonyl (C=O) groups is 3. The molecule has 0 bridgehead atoms. The number of ketones is 1. The molecule has 2 aliphatic carbocycles. The van der Waals surface area contributed by atoms with Crippen molar-refractivity contribution in [2.75, 3.05) is 13.2 Å². The number of allylic oxidation sites excluding steroid dienone is 2. The van der Waals surface area contributed by atoms with Gasteiger partial charge in [-0.15, -0.1) is 0 Å². The minimum absolute atomic E-state index is 0.0823. The zero-order valence-electron chi connectivity index (χ0n) is 14.1. The molecule has 1 aromatic rings. The third-order valence-corrected chi connectivity index (χ3v) is 5.55. The third-order valence-electron chi connectivity index (χ3n) is 5.55. The number of fused-ring (bicyclic) bond motifs is 3. The number of benzene rings is 1. The molecule has 1 aromatic carbocycles. The molecule has 5 heteroatoms. The summed E-state index contributed by atoms with van der Waals surface area (Å²) in [4.78, 5) is 37.4. The van der Waals surface area contributed by atoms with Crippen LogP contribution in [-0.2, 0) is 23.9 Å². The molecule has 5 nitrogen and oxygen atoms in total. The minimum Gasteiger partial charge on any atom is -0.465 e. The normalized spacial score (nSPS) is 30.8. The van der Waals surface area contributed by atoms with Crippen LogP contribution < -0.4 is 0 Å². The van der Waals surface area contributed by atoms with E-state index in [-0.39, 0.29) is 30.1 Å². The number of esters is 2. The second-order valence-corrected chi connectivity index (χ2v) is 6.90. The highest BCUT2D eigenvalue weighted by Gasteiger charge is 2.56. The number of Topliss-reactive ketones (excluding diaryl/α,β-unsaturated/α-hetero) is 1. The van der Waals surface area contributed by atoms with Gasteiger partial charge in [-0.1, -0.05) is 35.9 Å². The summed E-state index contributed by atoms with van der Waals surface area (Å²) in [6, 6.07) is 9.52. The number of carbonyl (C=O) groups excluding carboxylic acids is 3. The van der Waals surface area contributed by atoms with Gasteiger partial charge in [-0.3, -0.25) is 14.4 Å². The molecular formula is C20H20O5. The fraction of sp³-hybridized carbons (Fsp3) is 0.450. The lowest BCUT2D eigenvalue weighted by molar-refractivity contribution is -0.171. The average molecular weight is 340 g/mol. The first kappa shape index (κ1) is 16.1. The van der Waals surface area contributed by atoms with Crippen molar-refractivity contribution in [1.82, 2.24) is 0 Å². The van der Waals surface area contributed by atoms with Crippen LogP contribution in [-0.4, -0.2) is 30.9 Å². The van der Waals surface area contributed by atoms with E-state index in [2.05, 4.69) is 0 Å². The second kappa shape index (κ2) is 6.14. The van der Waals surface area contributed by atoms with E-state index in [4.69, 9.17) is 9.47 Å². The van der Waals surface area contributed by atoms with E-state index in [9.17, 15) is 14.4 Å². The summed E-state index contributed by atoms with van der Waals surface area (Å²) in [5.41, 5.74) is 2.53. The van der Waals surface area contributed by atoms with E-state index in [0.29, 0.717) is 18.6 Å². The second-order valence-electron chi connectivity index (χ2n) is 6.90.